The lowest BCUT2D eigenvalue weighted by Crippen LogP contribution is -2.39. The molecule has 0 spiro atoms. The highest BCUT2D eigenvalue weighted by molar-refractivity contribution is 7.17. The summed E-state index contributed by atoms with van der Waals surface area (Å²) < 4.78 is 5.39. The Kier molecular flexibility index (Phi) is 4.45. The maximum atomic E-state index is 12.7. The van der Waals surface area contributed by atoms with Crippen LogP contribution in [0.15, 0.2) is 36.4 Å². The average molecular weight is 317 g/mol. The van der Waals surface area contributed by atoms with Crippen molar-refractivity contribution in [3.05, 3.63) is 41.3 Å². The normalized spacial score (nSPS) is 15.8. The van der Waals surface area contributed by atoms with E-state index in [0.717, 1.165) is 10.4 Å². The highest BCUT2D eigenvalue weighted by Crippen LogP contribution is 2.37. The fourth-order valence-electron chi connectivity index (χ4n) is 2.63. The van der Waals surface area contributed by atoms with E-state index in [0.29, 0.717) is 36.6 Å². The zero-order valence-electron chi connectivity index (χ0n) is 12.5. The zero-order valence-corrected chi connectivity index (χ0v) is 13.3. The van der Waals surface area contributed by atoms with Gasteiger partial charge in [0.1, 0.15) is 10.6 Å². The van der Waals surface area contributed by atoms with Crippen molar-refractivity contribution in [3.63, 3.8) is 0 Å². The second-order valence-corrected chi connectivity index (χ2v) is 6.45. The fraction of sp³-hybridized carbons (Fsp3) is 0.353. The standard InChI is InChI=1S/C17H19NO3S/c1-21-14-11-15(12-5-3-2-4-6-12)22-16(14)17(20)18-9-7-13(19)8-10-18/h2-6,11,13,19H,7-10H2,1H3. The van der Waals surface area contributed by atoms with E-state index in [1.807, 2.05) is 36.4 Å². The molecule has 1 N–H and O–H groups in total. The van der Waals surface area contributed by atoms with Crippen LogP contribution in [0.1, 0.15) is 22.5 Å². The Hall–Kier alpha value is -1.85. The summed E-state index contributed by atoms with van der Waals surface area (Å²) in [5.74, 6) is 0.621. The third-order valence-corrected chi connectivity index (χ3v) is 5.08. The molecule has 0 saturated carbocycles. The molecule has 1 amide bonds. The van der Waals surface area contributed by atoms with Gasteiger partial charge in [0.05, 0.1) is 13.2 Å². The van der Waals surface area contributed by atoms with Crippen molar-refractivity contribution in [2.45, 2.75) is 18.9 Å². The predicted octanol–water partition coefficient (Wildman–Crippen LogP) is 3.02. The lowest BCUT2D eigenvalue weighted by atomic mass is 10.1. The van der Waals surface area contributed by atoms with Crippen molar-refractivity contribution in [3.8, 4) is 16.2 Å². The molecule has 1 saturated heterocycles. The van der Waals surface area contributed by atoms with Gasteiger partial charge in [-0.3, -0.25) is 4.79 Å². The number of thiophene rings is 1. The van der Waals surface area contributed by atoms with Crippen LogP contribution in [0, 0.1) is 0 Å². The smallest absolute Gasteiger partial charge is 0.267 e. The second kappa shape index (κ2) is 6.50. The van der Waals surface area contributed by atoms with Crippen LogP contribution >= 0.6 is 11.3 Å². The van der Waals surface area contributed by atoms with Crippen LogP contribution in [0.4, 0.5) is 0 Å². The number of rotatable bonds is 3. The van der Waals surface area contributed by atoms with E-state index >= 15 is 0 Å². The Morgan fingerprint density at radius 1 is 1.27 bits per heavy atom. The molecule has 4 nitrogen and oxygen atoms in total. The number of likely N-dealkylation sites (tertiary alicyclic amines) is 1. The average Bonchev–Trinajstić information content (AvgIpc) is 3.00. The highest BCUT2D eigenvalue weighted by Gasteiger charge is 2.26. The Balaban J connectivity index is 1.87. The van der Waals surface area contributed by atoms with Crippen LogP contribution in [-0.4, -0.2) is 42.2 Å². The molecule has 1 aromatic heterocycles. The van der Waals surface area contributed by atoms with Crippen molar-refractivity contribution in [2.24, 2.45) is 0 Å². The highest BCUT2D eigenvalue weighted by atomic mass is 32.1. The van der Waals surface area contributed by atoms with Gasteiger partial charge in [-0.25, -0.2) is 0 Å². The van der Waals surface area contributed by atoms with Crippen LogP contribution in [0.5, 0.6) is 5.75 Å². The number of hydrogen-bond acceptors (Lipinski definition) is 4. The Labute approximate surface area is 134 Å². The number of hydrogen-bond donors (Lipinski definition) is 1. The van der Waals surface area contributed by atoms with Crippen molar-refractivity contribution in [1.82, 2.24) is 4.90 Å². The van der Waals surface area contributed by atoms with E-state index in [1.54, 1.807) is 12.0 Å². The fourth-order valence-corrected chi connectivity index (χ4v) is 3.73. The van der Waals surface area contributed by atoms with Crippen LogP contribution < -0.4 is 4.74 Å². The van der Waals surface area contributed by atoms with Gasteiger partial charge in [0, 0.05) is 18.0 Å². The molecule has 1 fully saturated rings. The minimum atomic E-state index is -0.283. The number of aliphatic hydroxyl groups is 1. The van der Waals surface area contributed by atoms with Gasteiger partial charge < -0.3 is 14.7 Å². The van der Waals surface area contributed by atoms with Crippen LogP contribution in [0.2, 0.25) is 0 Å². The first-order valence-electron chi connectivity index (χ1n) is 7.39. The van der Waals surface area contributed by atoms with Crippen molar-refractivity contribution >= 4 is 17.2 Å². The van der Waals surface area contributed by atoms with Gasteiger partial charge in [-0.15, -0.1) is 11.3 Å². The van der Waals surface area contributed by atoms with Crippen molar-refractivity contribution < 1.29 is 14.6 Å². The summed E-state index contributed by atoms with van der Waals surface area (Å²) in [7, 11) is 1.59. The van der Waals surface area contributed by atoms with Crippen molar-refractivity contribution in [2.75, 3.05) is 20.2 Å². The number of piperidine rings is 1. The lowest BCUT2D eigenvalue weighted by Gasteiger charge is -2.29. The molecule has 2 aromatic rings. The number of amides is 1. The molecule has 0 unspecified atom stereocenters. The molecule has 0 aliphatic carbocycles. The van der Waals surface area contributed by atoms with Gasteiger partial charge in [0.2, 0.25) is 0 Å². The van der Waals surface area contributed by atoms with Gasteiger partial charge in [0.15, 0.2) is 0 Å². The molecule has 0 atom stereocenters. The largest absolute Gasteiger partial charge is 0.495 e. The van der Waals surface area contributed by atoms with Gasteiger partial charge in [-0.1, -0.05) is 30.3 Å². The third-order valence-electron chi connectivity index (χ3n) is 3.92. The summed E-state index contributed by atoms with van der Waals surface area (Å²) in [6.07, 6.45) is 1.00. The Morgan fingerprint density at radius 3 is 2.59 bits per heavy atom. The van der Waals surface area contributed by atoms with Gasteiger partial charge in [-0.2, -0.15) is 0 Å². The summed E-state index contributed by atoms with van der Waals surface area (Å²) in [6.45, 7) is 1.20. The van der Waals surface area contributed by atoms with Crippen molar-refractivity contribution in [1.29, 1.82) is 0 Å². The molecule has 0 radical (unpaired) electrons. The SMILES string of the molecule is COc1cc(-c2ccccc2)sc1C(=O)N1CCC(O)CC1. The number of benzene rings is 1. The lowest BCUT2D eigenvalue weighted by molar-refractivity contribution is 0.0548. The molecule has 116 valence electrons. The molecule has 1 aliphatic rings. The molecule has 3 rings (SSSR count). The molecule has 5 heteroatoms. The molecule has 0 bridgehead atoms. The molecule has 1 aliphatic heterocycles. The van der Waals surface area contributed by atoms with E-state index in [9.17, 15) is 9.90 Å². The second-order valence-electron chi connectivity index (χ2n) is 5.40. The number of carbonyl (C=O) groups excluding carboxylic acids is 1. The van der Waals surface area contributed by atoms with E-state index in [-0.39, 0.29) is 12.0 Å². The maximum Gasteiger partial charge on any atom is 0.267 e. The van der Waals surface area contributed by atoms with E-state index in [4.69, 9.17) is 4.74 Å². The van der Waals surface area contributed by atoms with E-state index in [1.165, 1.54) is 11.3 Å². The third kappa shape index (κ3) is 3.00. The first kappa shape index (κ1) is 15.1. The zero-order chi connectivity index (χ0) is 15.5. The summed E-state index contributed by atoms with van der Waals surface area (Å²) >= 11 is 1.46. The van der Waals surface area contributed by atoms with Gasteiger partial charge >= 0.3 is 0 Å². The number of ether oxygens (including phenoxy) is 1. The summed E-state index contributed by atoms with van der Waals surface area (Å²) in [5, 5.41) is 9.57. The van der Waals surface area contributed by atoms with Crippen LogP contribution in [0.3, 0.4) is 0 Å². The minimum Gasteiger partial charge on any atom is -0.495 e. The molecule has 22 heavy (non-hydrogen) atoms. The number of aliphatic hydroxyl groups excluding tert-OH is 1. The topological polar surface area (TPSA) is 49.8 Å². The molecule has 2 heterocycles. The quantitative estimate of drug-likeness (QED) is 0.946. The predicted molar refractivity (Wildman–Crippen MR) is 87.5 cm³/mol. The minimum absolute atomic E-state index is 0.00377. The van der Waals surface area contributed by atoms with Crippen LogP contribution in [-0.2, 0) is 0 Å². The monoisotopic (exact) mass is 317 g/mol. The number of nitrogens with zero attached hydrogens (tertiary/aromatic N) is 1. The summed E-state index contributed by atoms with van der Waals surface area (Å²) in [6, 6.07) is 11.9. The molecular formula is C17H19NO3S. The Morgan fingerprint density at radius 2 is 1.95 bits per heavy atom. The maximum absolute atomic E-state index is 12.7. The van der Waals surface area contributed by atoms with Crippen LogP contribution in [0.25, 0.3) is 10.4 Å². The molecular weight excluding hydrogens is 298 g/mol. The van der Waals surface area contributed by atoms with Gasteiger partial charge in [0.25, 0.3) is 5.91 Å². The first-order chi connectivity index (χ1) is 10.7. The molecule has 1 aromatic carbocycles. The first-order valence-corrected chi connectivity index (χ1v) is 8.21. The Bertz CT molecular complexity index is 645. The van der Waals surface area contributed by atoms with Gasteiger partial charge in [-0.05, 0) is 24.5 Å². The number of methoxy groups -OCH3 is 1. The summed E-state index contributed by atoms with van der Waals surface area (Å²) in [5.41, 5.74) is 1.08. The summed E-state index contributed by atoms with van der Waals surface area (Å²) in [4.78, 5) is 16.2. The van der Waals surface area contributed by atoms with E-state index in [2.05, 4.69) is 0 Å². The number of carbonyl (C=O) groups is 1. The van der Waals surface area contributed by atoms with E-state index < -0.39 is 0 Å².